The van der Waals surface area contributed by atoms with Crippen LogP contribution in [0.2, 0.25) is 0 Å². The normalized spacial score (nSPS) is 12.0. The first-order valence-electron chi connectivity index (χ1n) is 6.02. The van der Waals surface area contributed by atoms with Crippen LogP contribution in [0, 0.1) is 11.3 Å². The van der Waals surface area contributed by atoms with Gasteiger partial charge in [0, 0.05) is 12.6 Å². The molecule has 0 aliphatic carbocycles. The number of nitrogens with zero attached hydrogens (tertiary/aromatic N) is 1. The van der Waals surface area contributed by atoms with Crippen molar-refractivity contribution in [3.05, 3.63) is 57.8 Å². The molecule has 0 amide bonds. The standard InChI is InChI=1S/C15H16N2S/c1-12(8-13-6-7-18-11-13)17-10-15-5-3-2-4-14(15)9-16/h2-7,11-12,17H,8,10H2,1H3. The van der Waals surface area contributed by atoms with Gasteiger partial charge in [-0.3, -0.25) is 0 Å². The zero-order valence-corrected chi connectivity index (χ0v) is 11.2. The van der Waals surface area contributed by atoms with E-state index in [1.165, 1.54) is 5.56 Å². The van der Waals surface area contributed by atoms with Gasteiger partial charge in [-0.1, -0.05) is 18.2 Å². The molecule has 1 atom stereocenters. The predicted octanol–water partition coefficient (Wildman–Crippen LogP) is 3.34. The lowest BCUT2D eigenvalue weighted by molar-refractivity contribution is 0.545. The van der Waals surface area contributed by atoms with Gasteiger partial charge in [-0.15, -0.1) is 0 Å². The molecule has 0 saturated heterocycles. The van der Waals surface area contributed by atoms with Crippen molar-refractivity contribution in [1.82, 2.24) is 5.32 Å². The highest BCUT2D eigenvalue weighted by atomic mass is 32.1. The van der Waals surface area contributed by atoms with E-state index in [2.05, 4.69) is 35.1 Å². The molecule has 2 nitrogen and oxygen atoms in total. The van der Waals surface area contributed by atoms with Gasteiger partial charge < -0.3 is 5.32 Å². The van der Waals surface area contributed by atoms with E-state index >= 15 is 0 Å². The van der Waals surface area contributed by atoms with Gasteiger partial charge in [0.25, 0.3) is 0 Å². The van der Waals surface area contributed by atoms with E-state index in [0.717, 1.165) is 24.1 Å². The van der Waals surface area contributed by atoms with Crippen LogP contribution in [0.1, 0.15) is 23.6 Å². The average molecular weight is 256 g/mol. The first-order chi connectivity index (χ1) is 8.79. The Balaban J connectivity index is 1.89. The Labute approximate surface area is 112 Å². The van der Waals surface area contributed by atoms with Crippen molar-refractivity contribution in [2.75, 3.05) is 0 Å². The highest BCUT2D eigenvalue weighted by Crippen LogP contribution is 2.10. The molecule has 2 rings (SSSR count). The van der Waals surface area contributed by atoms with Crippen LogP contribution in [-0.4, -0.2) is 6.04 Å². The molecule has 0 spiro atoms. The summed E-state index contributed by atoms with van der Waals surface area (Å²) in [6, 6.07) is 12.5. The molecule has 0 aliphatic rings. The number of thiophene rings is 1. The van der Waals surface area contributed by atoms with Crippen molar-refractivity contribution < 1.29 is 0 Å². The van der Waals surface area contributed by atoms with E-state index in [-0.39, 0.29) is 0 Å². The Morgan fingerprint density at radius 2 is 2.17 bits per heavy atom. The number of nitriles is 1. The fourth-order valence-electron chi connectivity index (χ4n) is 1.90. The molecule has 0 radical (unpaired) electrons. The molecule has 1 aromatic carbocycles. The summed E-state index contributed by atoms with van der Waals surface area (Å²) in [5.74, 6) is 0. The lowest BCUT2D eigenvalue weighted by Crippen LogP contribution is -2.27. The minimum atomic E-state index is 0.409. The zero-order valence-electron chi connectivity index (χ0n) is 10.4. The van der Waals surface area contributed by atoms with Crippen molar-refractivity contribution in [3.63, 3.8) is 0 Å². The van der Waals surface area contributed by atoms with Crippen molar-refractivity contribution in [3.8, 4) is 6.07 Å². The minimum Gasteiger partial charge on any atom is -0.310 e. The summed E-state index contributed by atoms with van der Waals surface area (Å²) < 4.78 is 0. The highest BCUT2D eigenvalue weighted by Gasteiger charge is 2.05. The Morgan fingerprint density at radius 1 is 1.33 bits per heavy atom. The Morgan fingerprint density at radius 3 is 2.89 bits per heavy atom. The second-order valence-electron chi connectivity index (χ2n) is 4.39. The van der Waals surface area contributed by atoms with E-state index in [1.807, 2.05) is 24.3 Å². The Kier molecular flexibility index (Phi) is 4.52. The number of rotatable bonds is 5. The van der Waals surface area contributed by atoms with Crippen LogP contribution >= 0.6 is 11.3 Å². The molecular weight excluding hydrogens is 240 g/mol. The molecule has 2 aromatic rings. The molecular formula is C15H16N2S. The second-order valence-corrected chi connectivity index (χ2v) is 5.17. The van der Waals surface area contributed by atoms with Gasteiger partial charge in [-0.05, 0) is 47.4 Å². The molecule has 3 heteroatoms. The number of hydrogen-bond acceptors (Lipinski definition) is 3. The first kappa shape index (κ1) is 12.8. The van der Waals surface area contributed by atoms with Crippen molar-refractivity contribution in [2.24, 2.45) is 0 Å². The zero-order chi connectivity index (χ0) is 12.8. The van der Waals surface area contributed by atoms with E-state index in [4.69, 9.17) is 5.26 Å². The summed E-state index contributed by atoms with van der Waals surface area (Å²) in [6.07, 6.45) is 1.03. The number of nitrogens with one attached hydrogen (secondary N) is 1. The van der Waals surface area contributed by atoms with E-state index in [0.29, 0.717) is 6.04 Å². The maximum atomic E-state index is 9.01. The molecule has 1 N–H and O–H groups in total. The lowest BCUT2D eigenvalue weighted by Gasteiger charge is -2.13. The van der Waals surface area contributed by atoms with Crippen LogP contribution in [0.15, 0.2) is 41.1 Å². The van der Waals surface area contributed by atoms with Crippen molar-refractivity contribution in [2.45, 2.75) is 25.9 Å². The summed E-state index contributed by atoms with van der Waals surface area (Å²) in [5.41, 5.74) is 3.19. The van der Waals surface area contributed by atoms with E-state index in [9.17, 15) is 0 Å². The third-order valence-electron chi connectivity index (χ3n) is 2.90. The molecule has 1 aromatic heterocycles. The first-order valence-corrected chi connectivity index (χ1v) is 6.96. The third-order valence-corrected chi connectivity index (χ3v) is 3.63. The SMILES string of the molecule is CC(Cc1ccsc1)NCc1ccccc1C#N. The van der Waals surface area contributed by atoms with Gasteiger partial charge in [0.1, 0.15) is 0 Å². The average Bonchev–Trinajstić information content (AvgIpc) is 2.89. The number of hydrogen-bond donors (Lipinski definition) is 1. The van der Waals surface area contributed by atoms with E-state index < -0.39 is 0 Å². The fourth-order valence-corrected chi connectivity index (χ4v) is 2.58. The minimum absolute atomic E-state index is 0.409. The molecule has 1 unspecified atom stereocenters. The van der Waals surface area contributed by atoms with Gasteiger partial charge in [-0.2, -0.15) is 16.6 Å². The summed E-state index contributed by atoms with van der Waals surface area (Å²) >= 11 is 1.73. The summed E-state index contributed by atoms with van der Waals surface area (Å²) in [6.45, 7) is 2.92. The van der Waals surface area contributed by atoms with Crippen LogP contribution in [0.4, 0.5) is 0 Å². The van der Waals surface area contributed by atoms with Gasteiger partial charge in [0.2, 0.25) is 0 Å². The summed E-state index contributed by atoms with van der Waals surface area (Å²) in [7, 11) is 0. The molecule has 0 aliphatic heterocycles. The Hall–Kier alpha value is -1.63. The molecule has 1 heterocycles. The monoisotopic (exact) mass is 256 g/mol. The second kappa shape index (κ2) is 6.34. The van der Waals surface area contributed by atoms with Crippen LogP contribution < -0.4 is 5.32 Å². The predicted molar refractivity (Wildman–Crippen MR) is 75.5 cm³/mol. The van der Waals surface area contributed by atoms with E-state index in [1.54, 1.807) is 11.3 Å². The third kappa shape index (κ3) is 3.43. The molecule has 92 valence electrons. The highest BCUT2D eigenvalue weighted by molar-refractivity contribution is 7.07. The topological polar surface area (TPSA) is 35.8 Å². The lowest BCUT2D eigenvalue weighted by atomic mass is 10.1. The van der Waals surface area contributed by atoms with Gasteiger partial charge >= 0.3 is 0 Å². The largest absolute Gasteiger partial charge is 0.310 e. The van der Waals surface area contributed by atoms with Crippen molar-refractivity contribution >= 4 is 11.3 Å². The smallest absolute Gasteiger partial charge is 0.0995 e. The number of benzene rings is 1. The van der Waals surface area contributed by atoms with Crippen LogP contribution in [-0.2, 0) is 13.0 Å². The van der Waals surface area contributed by atoms with Gasteiger partial charge in [0.15, 0.2) is 0 Å². The summed E-state index contributed by atoms with van der Waals surface area (Å²) in [4.78, 5) is 0. The van der Waals surface area contributed by atoms with Gasteiger partial charge in [-0.25, -0.2) is 0 Å². The molecule has 18 heavy (non-hydrogen) atoms. The maximum absolute atomic E-state index is 9.01. The molecule has 0 saturated carbocycles. The van der Waals surface area contributed by atoms with Gasteiger partial charge in [0.05, 0.1) is 11.6 Å². The Bertz CT molecular complexity index is 526. The quantitative estimate of drug-likeness (QED) is 0.890. The maximum Gasteiger partial charge on any atom is 0.0995 e. The fraction of sp³-hybridized carbons (Fsp3) is 0.267. The molecule has 0 fully saturated rings. The van der Waals surface area contributed by atoms with Crippen molar-refractivity contribution in [1.29, 1.82) is 5.26 Å². The van der Waals surface area contributed by atoms with Crippen LogP contribution in [0.5, 0.6) is 0 Å². The van der Waals surface area contributed by atoms with Crippen LogP contribution in [0.25, 0.3) is 0 Å². The molecule has 0 bridgehead atoms. The summed E-state index contributed by atoms with van der Waals surface area (Å²) in [5, 5.41) is 16.8. The van der Waals surface area contributed by atoms with Crippen LogP contribution in [0.3, 0.4) is 0 Å².